The van der Waals surface area contributed by atoms with Gasteiger partial charge in [-0.25, -0.2) is 13.1 Å². The molecule has 1 unspecified atom stereocenters. The molecule has 2 aliphatic rings. The molecular weight excluding hydrogens is 352 g/mol. The van der Waals surface area contributed by atoms with E-state index in [0.29, 0.717) is 32.4 Å². The normalized spacial score (nSPS) is 20.4. The summed E-state index contributed by atoms with van der Waals surface area (Å²) < 4.78 is 32.7. The summed E-state index contributed by atoms with van der Waals surface area (Å²) in [5.41, 5.74) is 2.78. The van der Waals surface area contributed by atoms with Gasteiger partial charge in [-0.15, -0.1) is 0 Å². The van der Waals surface area contributed by atoms with Crippen LogP contribution in [-0.4, -0.2) is 45.5 Å². The molecule has 0 bridgehead atoms. The van der Waals surface area contributed by atoms with E-state index >= 15 is 0 Å². The van der Waals surface area contributed by atoms with Crippen molar-refractivity contribution in [3.05, 3.63) is 59.3 Å². The van der Waals surface area contributed by atoms with Crippen molar-refractivity contribution < 1.29 is 17.9 Å². The third kappa shape index (κ3) is 4.60. The number of methoxy groups -OCH3 is 1. The van der Waals surface area contributed by atoms with E-state index in [0.717, 1.165) is 16.8 Å². The quantitative estimate of drug-likeness (QED) is 0.789. The van der Waals surface area contributed by atoms with Crippen LogP contribution >= 0.6 is 0 Å². The topological polar surface area (TPSA) is 75.7 Å². The number of ether oxygens (including phenoxy) is 1. The Bertz CT molecular complexity index is 815. The van der Waals surface area contributed by atoms with Gasteiger partial charge in [0.15, 0.2) is 0 Å². The van der Waals surface area contributed by atoms with Gasteiger partial charge < -0.3 is 9.64 Å². The highest BCUT2D eigenvalue weighted by Gasteiger charge is 2.29. The summed E-state index contributed by atoms with van der Waals surface area (Å²) in [6.07, 6.45) is 5.43. The monoisotopic (exact) mass is 376 g/mol. The van der Waals surface area contributed by atoms with Crippen LogP contribution in [0.15, 0.2) is 53.8 Å². The van der Waals surface area contributed by atoms with Crippen LogP contribution in [0.2, 0.25) is 0 Å². The summed E-state index contributed by atoms with van der Waals surface area (Å²) in [7, 11) is -1.83. The number of amides is 1. The Morgan fingerprint density at radius 2 is 2.00 bits per heavy atom. The predicted octanol–water partition coefficient (Wildman–Crippen LogP) is 1.96. The van der Waals surface area contributed by atoms with Crippen LogP contribution in [0.4, 0.5) is 0 Å². The molecule has 1 aromatic carbocycles. The molecule has 26 heavy (non-hydrogen) atoms. The molecule has 3 rings (SSSR count). The van der Waals surface area contributed by atoms with Gasteiger partial charge in [-0.3, -0.25) is 4.79 Å². The van der Waals surface area contributed by atoms with E-state index in [1.807, 2.05) is 30.4 Å². The number of hydrogen-bond donors (Lipinski definition) is 1. The lowest BCUT2D eigenvalue weighted by molar-refractivity contribution is -0.130. The minimum absolute atomic E-state index is 0.0392. The number of carbonyl (C=O) groups is 1. The van der Waals surface area contributed by atoms with Crippen molar-refractivity contribution in [3.63, 3.8) is 0 Å². The molecule has 0 saturated carbocycles. The zero-order chi connectivity index (χ0) is 18.6. The highest BCUT2D eigenvalue weighted by atomic mass is 32.2. The summed E-state index contributed by atoms with van der Waals surface area (Å²) >= 11 is 0. The standard InChI is InChI=1S/C19H24N2O4S/c1-25-12-11-21-18-9-8-17(13-16(18)7-10-19(21)22)20-26(23,24)14-15-5-3-2-4-6-15/h2-6,8-9,17,20H,7,10-14H2,1H3. The smallest absolute Gasteiger partial charge is 0.227 e. The number of nitrogens with one attached hydrogen (secondary N) is 1. The van der Waals surface area contributed by atoms with Crippen molar-refractivity contribution >= 4 is 15.9 Å². The number of nitrogens with zero attached hydrogens (tertiary/aromatic N) is 1. The Morgan fingerprint density at radius 3 is 2.73 bits per heavy atom. The molecule has 1 aliphatic carbocycles. The van der Waals surface area contributed by atoms with Crippen LogP contribution in [0, 0.1) is 0 Å². The highest BCUT2D eigenvalue weighted by Crippen LogP contribution is 2.31. The van der Waals surface area contributed by atoms with Gasteiger partial charge in [-0.1, -0.05) is 36.4 Å². The Kier molecular flexibility index (Phi) is 5.90. The predicted molar refractivity (Wildman–Crippen MR) is 99.6 cm³/mol. The summed E-state index contributed by atoms with van der Waals surface area (Å²) in [4.78, 5) is 13.9. The number of allylic oxidation sites excluding steroid dienone is 1. The Labute approximate surface area is 154 Å². The molecule has 1 N–H and O–H groups in total. The highest BCUT2D eigenvalue weighted by molar-refractivity contribution is 7.88. The van der Waals surface area contributed by atoms with Gasteiger partial charge in [0.2, 0.25) is 15.9 Å². The zero-order valence-electron chi connectivity index (χ0n) is 14.8. The van der Waals surface area contributed by atoms with Crippen molar-refractivity contribution in [2.45, 2.75) is 31.1 Å². The van der Waals surface area contributed by atoms with Crippen LogP contribution in [0.5, 0.6) is 0 Å². The summed E-state index contributed by atoms with van der Waals surface area (Å²) in [5, 5.41) is 0. The van der Waals surface area contributed by atoms with Gasteiger partial charge in [-0.05, 0) is 30.1 Å². The molecule has 0 aromatic heterocycles. The molecule has 0 saturated heterocycles. The van der Waals surface area contributed by atoms with Crippen LogP contribution in [0.25, 0.3) is 0 Å². The summed E-state index contributed by atoms with van der Waals surface area (Å²) in [6, 6.07) is 8.85. The molecule has 1 aromatic rings. The fourth-order valence-corrected chi connectivity index (χ4v) is 4.71. The second-order valence-electron chi connectivity index (χ2n) is 6.56. The summed E-state index contributed by atoms with van der Waals surface area (Å²) in [6.45, 7) is 0.992. The van der Waals surface area contributed by atoms with Crippen LogP contribution < -0.4 is 4.72 Å². The first-order valence-electron chi connectivity index (χ1n) is 8.72. The minimum Gasteiger partial charge on any atom is -0.383 e. The first-order valence-corrected chi connectivity index (χ1v) is 10.4. The SMILES string of the molecule is COCCN1C(=O)CCC2=C1C=CC(NS(=O)(=O)Cc1ccccc1)C2. The second kappa shape index (κ2) is 8.16. The molecule has 1 atom stereocenters. The van der Waals surface area contributed by atoms with E-state index in [1.54, 1.807) is 24.1 Å². The third-order valence-corrected chi connectivity index (χ3v) is 5.97. The average molecular weight is 376 g/mol. The first kappa shape index (κ1) is 18.8. The molecule has 7 heteroatoms. The van der Waals surface area contributed by atoms with Gasteiger partial charge in [0, 0.05) is 31.8 Å². The zero-order valence-corrected chi connectivity index (χ0v) is 15.7. The lowest BCUT2D eigenvalue weighted by atomic mass is 9.91. The maximum absolute atomic E-state index is 12.4. The van der Waals surface area contributed by atoms with Crippen molar-refractivity contribution in [1.82, 2.24) is 9.62 Å². The number of benzene rings is 1. The van der Waals surface area contributed by atoms with Crippen molar-refractivity contribution in [2.24, 2.45) is 0 Å². The van der Waals surface area contributed by atoms with Crippen LogP contribution in [0.1, 0.15) is 24.8 Å². The Hall–Kier alpha value is -1.96. The Balaban J connectivity index is 1.67. The molecule has 140 valence electrons. The first-order chi connectivity index (χ1) is 12.5. The Morgan fingerprint density at radius 1 is 1.23 bits per heavy atom. The fourth-order valence-electron chi connectivity index (χ4n) is 3.38. The van der Waals surface area contributed by atoms with E-state index in [4.69, 9.17) is 4.74 Å². The molecule has 0 fully saturated rings. The molecule has 0 radical (unpaired) electrons. The van der Waals surface area contributed by atoms with Crippen LogP contribution in [-0.2, 0) is 25.3 Å². The average Bonchev–Trinajstić information content (AvgIpc) is 2.61. The largest absolute Gasteiger partial charge is 0.383 e. The number of rotatable bonds is 7. The third-order valence-electron chi connectivity index (χ3n) is 4.60. The second-order valence-corrected chi connectivity index (χ2v) is 8.31. The van der Waals surface area contributed by atoms with Crippen molar-refractivity contribution in [2.75, 3.05) is 20.3 Å². The number of carbonyl (C=O) groups excluding carboxylic acids is 1. The van der Waals surface area contributed by atoms with Gasteiger partial charge in [0.05, 0.1) is 12.4 Å². The lowest BCUT2D eigenvalue weighted by Gasteiger charge is -2.34. The molecule has 1 heterocycles. The molecule has 0 spiro atoms. The van der Waals surface area contributed by atoms with Crippen LogP contribution in [0.3, 0.4) is 0 Å². The molecule has 6 nitrogen and oxygen atoms in total. The van der Waals surface area contributed by atoms with E-state index in [2.05, 4.69) is 4.72 Å². The van der Waals surface area contributed by atoms with E-state index in [9.17, 15) is 13.2 Å². The molecule has 1 amide bonds. The van der Waals surface area contributed by atoms with Gasteiger partial charge in [-0.2, -0.15) is 0 Å². The van der Waals surface area contributed by atoms with Crippen molar-refractivity contribution in [1.29, 1.82) is 0 Å². The maximum atomic E-state index is 12.4. The molecule has 1 aliphatic heterocycles. The summed E-state index contributed by atoms with van der Waals surface area (Å²) in [5.74, 6) is 0.0521. The molecular formula is C19H24N2O4S. The maximum Gasteiger partial charge on any atom is 0.227 e. The van der Waals surface area contributed by atoms with Crippen molar-refractivity contribution in [3.8, 4) is 0 Å². The number of hydrogen-bond acceptors (Lipinski definition) is 4. The van der Waals surface area contributed by atoms with Gasteiger partial charge >= 0.3 is 0 Å². The van der Waals surface area contributed by atoms with Gasteiger partial charge in [0.1, 0.15) is 0 Å². The van der Waals surface area contributed by atoms with E-state index in [1.165, 1.54) is 0 Å². The van der Waals surface area contributed by atoms with E-state index < -0.39 is 10.0 Å². The fraction of sp³-hybridized carbons (Fsp3) is 0.421. The lowest BCUT2D eigenvalue weighted by Crippen LogP contribution is -2.41. The number of sulfonamides is 1. The van der Waals surface area contributed by atoms with Gasteiger partial charge in [0.25, 0.3) is 0 Å². The minimum atomic E-state index is -3.43. The van der Waals surface area contributed by atoms with E-state index in [-0.39, 0.29) is 17.7 Å².